The van der Waals surface area contributed by atoms with Gasteiger partial charge in [-0.05, 0) is 24.6 Å². The molecule has 0 aliphatic carbocycles. The highest BCUT2D eigenvalue weighted by Gasteiger charge is 2.32. The molecule has 1 atom stereocenters. The van der Waals surface area contributed by atoms with Crippen molar-refractivity contribution in [2.45, 2.75) is 12.3 Å². The van der Waals surface area contributed by atoms with E-state index < -0.39 is 5.63 Å². The second-order valence-corrected chi connectivity index (χ2v) is 7.31. The Morgan fingerprint density at radius 1 is 1.16 bits per heavy atom. The van der Waals surface area contributed by atoms with Crippen molar-refractivity contribution >= 4 is 28.6 Å². The van der Waals surface area contributed by atoms with Crippen LogP contribution in [-0.2, 0) is 0 Å². The number of hydrogen-bond donors (Lipinski definition) is 0. The molecule has 1 aliphatic heterocycles. The number of carbonyl (C=O) groups is 1. The Kier molecular flexibility index (Phi) is 4.09. The van der Waals surface area contributed by atoms with Crippen molar-refractivity contribution in [3.8, 4) is 0 Å². The van der Waals surface area contributed by atoms with Crippen molar-refractivity contribution in [2.75, 3.05) is 12.3 Å². The number of fused-ring (bicyclic) bond motifs is 1. The van der Waals surface area contributed by atoms with Gasteiger partial charge in [-0.1, -0.05) is 48.0 Å². The van der Waals surface area contributed by atoms with Crippen molar-refractivity contribution in [1.82, 2.24) is 4.90 Å². The first-order chi connectivity index (χ1) is 12.1. The van der Waals surface area contributed by atoms with Crippen LogP contribution in [0.25, 0.3) is 11.0 Å². The van der Waals surface area contributed by atoms with Crippen LogP contribution in [-0.4, -0.2) is 23.1 Å². The Morgan fingerprint density at radius 3 is 2.72 bits per heavy atom. The molecule has 3 aromatic rings. The first-order valence-corrected chi connectivity index (χ1v) is 9.20. The standard InChI is InChI=1S/C20H17NO3S/c1-13-6-8-14(9-7-13)19-21(10-11-25-19)18(22)16-12-15-4-2-3-5-17(15)24-20(16)23/h2-9,12,19H,10-11H2,1H3/t19-/m0/s1. The van der Waals surface area contributed by atoms with E-state index in [1.165, 1.54) is 5.56 Å². The van der Waals surface area contributed by atoms with Gasteiger partial charge in [0, 0.05) is 17.7 Å². The van der Waals surface area contributed by atoms with Crippen LogP contribution in [0.3, 0.4) is 0 Å². The van der Waals surface area contributed by atoms with E-state index in [2.05, 4.69) is 0 Å². The van der Waals surface area contributed by atoms with Crippen LogP contribution >= 0.6 is 11.8 Å². The molecule has 1 fully saturated rings. The Hall–Kier alpha value is -2.53. The third-order valence-corrected chi connectivity index (χ3v) is 5.65. The third-order valence-electron chi connectivity index (χ3n) is 4.39. The third kappa shape index (κ3) is 2.96. The summed E-state index contributed by atoms with van der Waals surface area (Å²) in [5.41, 5.74) is 2.27. The van der Waals surface area contributed by atoms with Crippen LogP contribution in [0.15, 0.2) is 63.8 Å². The number of nitrogens with zero attached hydrogens (tertiary/aromatic N) is 1. The van der Waals surface area contributed by atoms with Crippen molar-refractivity contribution < 1.29 is 9.21 Å². The van der Waals surface area contributed by atoms with Gasteiger partial charge in [0.2, 0.25) is 0 Å². The summed E-state index contributed by atoms with van der Waals surface area (Å²) < 4.78 is 5.32. The summed E-state index contributed by atoms with van der Waals surface area (Å²) in [6, 6.07) is 17.0. The smallest absolute Gasteiger partial charge is 0.349 e. The molecular formula is C20H17NO3S. The molecule has 4 nitrogen and oxygen atoms in total. The van der Waals surface area contributed by atoms with Gasteiger partial charge in [0.1, 0.15) is 16.5 Å². The van der Waals surface area contributed by atoms with Gasteiger partial charge in [0.25, 0.3) is 5.91 Å². The van der Waals surface area contributed by atoms with Gasteiger partial charge in [-0.25, -0.2) is 4.79 Å². The molecule has 0 unspecified atom stereocenters. The first kappa shape index (κ1) is 16.0. The van der Waals surface area contributed by atoms with Gasteiger partial charge in [-0.3, -0.25) is 4.79 Å². The monoisotopic (exact) mass is 351 g/mol. The Morgan fingerprint density at radius 2 is 1.92 bits per heavy atom. The van der Waals surface area contributed by atoms with E-state index in [0.717, 1.165) is 16.7 Å². The SMILES string of the molecule is Cc1ccc([C@@H]2SCCN2C(=O)c2cc3ccccc3oc2=O)cc1. The maximum absolute atomic E-state index is 13.0. The van der Waals surface area contributed by atoms with Crippen LogP contribution in [0.2, 0.25) is 0 Å². The lowest BCUT2D eigenvalue weighted by molar-refractivity contribution is 0.0756. The average Bonchev–Trinajstić information content (AvgIpc) is 3.11. The molecule has 2 aromatic carbocycles. The Balaban J connectivity index is 1.71. The molecule has 1 saturated heterocycles. The van der Waals surface area contributed by atoms with Crippen LogP contribution in [0.5, 0.6) is 0 Å². The predicted molar refractivity (Wildman–Crippen MR) is 99.9 cm³/mol. The second-order valence-electron chi connectivity index (χ2n) is 6.12. The molecule has 0 radical (unpaired) electrons. The number of hydrogen-bond acceptors (Lipinski definition) is 4. The van der Waals surface area contributed by atoms with E-state index in [1.807, 2.05) is 43.3 Å². The summed E-state index contributed by atoms with van der Waals surface area (Å²) in [5.74, 6) is 0.582. The van der Waals surface area contributed by atoms with Crippen molar-refractivity contribution in [2.24, 2.45) is 0 Å². The number of thioether (sulfide) groups is 1. The zero-order chi connectivity index (χ0) is 17.4. The topological polar surface area (TPSA) is 50.5 Å². The zero-order valence-corrected chi connectivity index (χ0v) is 14.6. The quantitative estimate of drug-likeness (QED) is 0.655. The molecule has 5 heteroatoms. The molecule has 126 valence electrons. The second kappa shape index (κ2) is 6.41. The summed E-state index contributed by atoms with van der Waals surface area (Å²) in [5, 5.41) is 0.683. The number of para-hydroxylation sites is 1. The molecule has 1 aliphatic rings. The van der Waals surface area contributed by atoms with Gasteiger partial charge in [0.15, 0.2) is 0 Å². The van der Waals surface area contributed by atoms with Gasteiger partial charge in [-0.15, -0.1) is 11.8 Å². The molecule has 0 spiro atoms. The fraction of sp³-hybridized carbons (Fsp3) is 0.200. The molecule has 0 saturated carbocycles. The number of aryl methyl sites for hydroxylation is 1. The Labute approximate surface area is 149 Å². The number of benzene rings is 2. The van der Waals surface area contributed by atoms with Gasteiger partial charge in [-0.2, -0.15) is 0 Å². The average molecular weight is 351 g/mol. The normalized spacial score (nSPS) is 17.2. The molecule has 0 N–H and O–H groups in total. The lowest BCUT2D eigenvalue weighted by Gasteiger charge is -2.24. The summed E-state index contributed by atoms with van der Waals surface area (Å²) >= 11 is 1.71. The highest BCUT2D eigenvalue weighted by Crippen LogP contribution is 2.38. The number of rotatable bonds is 2. The molecule has 1 aromatic heterocycles. The molecule has 0 bridgehead atoms. The minimum absolute atomic E-state index is 0.0704. The molecule has 2 heterocycles. The summed E-state index contributed by atoms with van der Waals surface area (Å²) in [6.45, 7) is 2.66. The minimum atomic E-state index is -0.580. The summed E-state index contributed by atoms with van der Waals surface area (Å²) in [7, 11) is 0. The lowest BCUT2D eigenvalue weighted by Crippen LogP contribution is -2.33. The van der Waals surface area contributed by atoms with Gasteiger partial charge >= 0.3 is 5.63 Å². The number of carbonyl (C=O) groups excluding carboxylic acids is 1. The fourth-order valence-corrected chi connectivity index (χ4v) is 4.31. The van der Waals surface area contributed by atoms with E-state index in [0.29, 0.717) is 12.1 Å². The van der Waals surface area contributed by atoms with Crippen LogP contribution in [0.4, 0.5) is 0 Å². The van der Waals surface area contributed by atoms with Crippen molar-refractivity contribution in [1.29, 1.82) is 0 Å². The van der Waals surface area contributed by atoms with Crippen molar-refractivity contribution in [3.05, 3.63) is 81.7 Å². The summed E-state index contributed by atoms with van der Waals surface area (Å²) in [6.07, 6.45) is 0. The van der Waals surface area contributed by atoms with E-state index in [-0.39, 0.29) is 16.8 Å². The fourth-order valence-electron chi connectivity index (χ4n) is 3.05. The highest BCUT2D eigenvalue weighted by molar-refractivity contribution is 7.99. The maximum Gasteiger partial charge on any atom is 0.349 e. The minimum Gasteiger partial charge on any atom is -0.422 e. The summed E-state index contributed by atoms with van der Waals surface area (Å²) in [4.78, 5) is 27.1. The van der Waals surface area contributed by atoms with E-state index in [1.54, 1.807) is 34.9 Å². The molecular weight excluding hydrogens is 334 g/mol. The van der Waals surface area contributed by atoms with E-state index >= 15 is 0 Å². The largest absolute Gasteiger partial charge is 0.422 e. The maximum atomic E-state index is 13.0. The van der Waals surface area contributed by atoms with E-state index in [4.69, 9.17) is 4.42 Å². The first-order valence-electron chi connectivity index (χ1n) is 8.15. The van der Waals surface area contributed by atoms with Crippen molar-refractivity contribution in [3.63, 3.8) is 0 Å². The van der Waals surface area contributed by atoms with Crippen LogP contribution < -0.4 is 5.63 Å². The van der Waals surface area contributed by atoms with Crippen LogP contribution in [0.1, 0.15) is 26.9 Å². The lowest BCUT2D eigenvalue weighted by atomic mass is 10.1. The molecule has 4 rings (SSSR count). The van der Waals surface area contributed by atoms with E-state index in [9.17, 15) is 9.59 Å². The van der Waals surface area contributed by atoms with Crippen LogP contribution in [0, 0.1) is 6.92 Å². The zero-order valence-electron chi connectivity index (χ0n) is 13.8. The number of amides is 1. The van der Waals surface area contributed by atoms with Gasteiger partial charge < -0.3 is 9.32 Å². The Bertz CT molecular complexity index is 994. The van der Waals surface area contributed by atoms with Gasteiger partial charge in [0.05, 0.1) is 0 Å². The molecule has 1 amide bonds. The highest BCUT2D eigenvalue weighted by atomic mass is 32.2. The molecule has 25 heavy (non-hydrogen) atoms. The predicted octanol–water partition coefficient (Wildman–Crippen LogP) is 3.99.